The predicted octanol–water partition coefficient (Wildman–Crippen LogP) is 2.94. The lowest BCUT2D eigenvalue weighted by atomic mass is 10.1. The van der Waals surface area contributed by atoms with E-state index in [9.17, 15) is 9.59 Å². The van der Waals surface area contributed by atoms with Gasteiger partial charge in [0.2, 0.25) is 5.91 Å². The van der Waals surface area contributed by atoms with Gasteiger partial charge in [0.25, 0.3) is 5.91 Å². The number of aryl methyl sites for hydroxylation is 1. The Balaban J connectivity index is 1.72. The van der Waals surface area contributed by atoms with Gasteiger partial charge in [0.05, 0.1) is 0 Å². The molecule has 0 spiro atoms. The van der Waals surface area contributed by atoms with Gasteiger partial charge in [-0.05, 0) is 30.7 Å². The molecule has 2 rings (SSSR count). The summed E-state index contributed by atoms with van der Waals surface area (Å²) in [5, 5.41) is 0. The van der Waals surface area contributed by atoms with Crippen molar-refractivity contribution in [2.24, 2.45) is 0 Å². The monoisotopic (exact) mass is 314 g/mol. The fourth-order valence-corrected chi connectivity index (χ4v) is 2.74. The molecule has 0 aliphatic rings. The zero-order chi connectivity index (χ0) is 15.8. The number of hydrogen-bond acceptors (Lipinski definition) is 3. The molecule has 0 unspecified atom stereocenters. The van der Waals surface area contributed by atoms with Crippen molar-refractivity contribution in [1.82, 2.24) is 10.9 Å². The van der Waals surface area contributed by atoms with Crippen LogP contribution in [-0.4, -0.2) is 17.6 Å². The van der Waals surface area contributed by atoms with E-state index in [-0.39, 0.29) is 11.8 Å². The van der Waals surface area contributed by atoms with Crippen molar-refractivity contribution in [3.05, 3.63) is 65.7 Å². The molecule has 0 aromatic heterocycles. The van der Waals surface area contributed by atoms with Crippen LogP contribution in [0, 0.1) is 6.92 Å². The molecule has 2 aromatic rings. The van der Waals surface area contributed by atoms with Crippen molar-refractivity contribution in [3.8, 4) is 0 Å². The molecular formula is C17H18N2O2S. The van der Waals surface area contributed by atoms with E-state index in [2.05, 4.69) is 10.9 Å². The Morgan fingerprint density at radius 1 is 0.955 bits per heavy atom. The van der Waals surface area contributed by atoms with E-state index >= 15 is 0 Å². The lowest BCUT2D eigenvalue weighted by molar-refractivity contribution is -0.121. The number of nitrogens with one attached hydrogen (secondary N) is 2. The van der Waals surface area contributed by atoms with E-state index in [0.717, 1.165) is 10.5 Å². The molecule has 2 aromatic carbocycles. The summed E-state index contributed by atoms with van der Waals surface area (Å²) < 4.78 is 0. The van der Waals surface area contributed by atoms with Crippen LogP contribution >= 0.6 is 11.8 Å². The molecule has 0 saturated heterocycles. The maximum absolute atomic E-state index is 11.9. The minimum Gasteiger partial charge on any atom is -0.273 e. The van der Waals surface area contributed by atoms with Gasteiger partial charge in [0.15, 0.2) is 0 Å². The minimum atomic E-state index is -0.304. The van der Waals surface area contributed by atoms with Gasteiger partial charge in [-0.25, -0.2) is 0 Å². The third-order valence-corrected chi connectivity index (χ3v) is 4.06. The number of amides is 2. The van der Waals surface area contributed by atoms with E-state index in [1.54, 1.807) is 23.9 Å². The van der Waals surface area contributed by atoms with Gasteiger partial charge in [-0.3, -0.25) is 20.4 Å². The number of carbonyl (C=O) groups is 2. The number of hydrogen-bond donors (Lipinski definition) is 2. The highest BCUT2D eigenvalue weighted by Crippen LogP contribution is 2.17. The van der Waals surface area contributed by atoms with E-state index in [4.69, 9.17) is 0 Å². The molecule has 2 amide bonds. The van der Waals surface area contributed by atoms with Crippen molar-refractivity contribution in [1.29, 1.82) is 0 Å². The molecule has 0 bridgehead atoms. The van der Waals surface area contributed by atoms with Crippen LogP contribution in [0.5, 0.6) is 0 Å². The van der Waals surface area contributed by atoms with Crippen LogP contribution in [0.25, 0.3) is 0 Å². The first-order valence-electron chi connectivity index (χ1n) is 6.99. The molecule has 0 heterocycles. The summed E-state index contributed by atoms with van der Waals surface area (Å²) in [6.07, 6.45) is 0.341. The third kappa shape index (κ3) is 4.93. The summed E-state index contributed by atoms with van der Waals surface area (Å²) in [5.74, 6) is 0.156. The molecule has 5 heteroatoms. The summed E-state index contributed by atoms with van der Waals surface area (Å²) in [4.78, 5) is 24.8. The normalized spacial score (nSPS) is 10.0. The van der Waals surface area contributed by atoms with Crippen LogP contribution in [0.2, 0.25) is 0 Å². The number of thioether (sulfide) groups is 1. The largest absolute Gasteiger partial charge is 0.273 e. The quantitative estimate of drug-likeness (QED) is 0.659. The molecule has 0 radical (unpaired) electrons. The molecule has 114 valence electrons. The smallest absolute Gasteiger partial charge is 0.269 e. The maximum Gasteiger partial charge on any atom is 0.269 e. The molecule has 22 heavy (non-hydrogen) atoms. The number of hydrazine groups is 1. The molecular weight excluding hydrogens is 296 g/mol. The Kier molecular flexibility index (Phi) is 6.03. The first-order valence-corrected chi connectivity index (χ1v) is 7.98. The summed E-state index contributed by atoms with van der Waals surface area (Å²) in [7, 11) is 0. The van der Waals surface area contributed by atoms with Crippen LogP contribution in [0.15, 0.2) is 59.5 Å². The summed E-state index contributed by atoms with van der Waals surface area (Å²) >= 11 is 1.61. The van der Waals surface area contributed by atoms with Crippen LogP contribution in [-0.2, 0) is 4.79 Å². The fraction of sp³-hybridized carbons (Fsp3) is 0.176. The van der Waals surface area contributed by atoms with Gasteiger partial charge in [-0.15, -0.1) is 11.8 Å². The number of rotatable bonds is 5. The van der Waals surface area contributed by atoms with E-state index in [0.29, 0.717) is 17.7 Å². The summed E-state index contributed by atoms with van der Waals surface area (Å²) in [5.41, 5.74) is 6.31. The van der Waals surface area contributed by atoms with Gasteiger partial charge < -0.3 is 0 Å². The lowest BCUT2D eigenvalue weighted by Gasteiger charge is -2.09. The van der Waals surface area contributed by atoms with E-state index < -0.39 is 0 Å². The Morgan fingerprint density at radius 2 is 1.64 bits per heavy atom. The Morgan fingerprint density at radius 3 is 2.36 bits per heavy atom. The zero-order valence-corrected chi connectivity index (χ0v) is 13.2. The lowest BCUT2D eigenvalue weighted by Crippen LogP contribution is -2.42. The van der Waals surface area contributed by atoms with Crippen molar-refractivity contribution >= 4 is 23.6 Å². The van der Waals surface area contributed by atoms with Crippen molar-refractivity contribution in [2.45, 2.75) is 18.2 Å². The second-order valence-corrected chi connectivity index (χ2v) is 5.90. The highest BCUT2D eigenvalue weighted by atomic mass is 32.2. The Bertz CT molecular complexity index is 644. The van der Waals surface area contributed by atoms with Crippen LogP contribution in [0.3, 0.4) is 0 Å². The average molecular weight is 314 g/mol. The molecule has 2 N–H and O–H groups in total. The van der Waals surface area contributed by atoms with Crippen LogP contribution in [0.4, 0.5) is 0 Å². The fourth-order valence-electron chi connectivity index (χ4n) is 1.86. The summed E-state index contributed by atoms with van der Waals surface area (Å²) in [6, 6.07) is 17.1. The average Bonchev–Trinajstić information content (AvgIpc) is 2.54. The number of benzene rings is 2. The van der Waals surface area contributed by atoms with Gasteiger partial charge in [-0.1, -0.05) is 36.4 Å². The molecule has 0 fully saturated rings. The van der Waals surface area contributed by atoms with Crippen LogP contribution < -0.4 is 10.9 Å². The van der Waals surface area contributed by atoms with Gasteiger partial charge in [-0.2, -0.15) is 0 Å². The summed E-state index contributed by atoms with van der Waals surface area (Å²) in [6.45, 7) is 1.85. The highest BCUT2D eigenvalue weighted by Gasteiger charge is 2.09. The third-order valence-electron chi connectivity index (χ3n) is 3.05. The number of carbonyl (C=O) groups excluding carboxylic acids is 2. The van der Waals surface area contributed by atoms with Gasteiger partial charge in [0.1, 0.15) is 0 Å². The van der Waals surface area contributed by atoms with Gasteiger partial charge in [0, 0.05) is 22.6 Å². The maximum atomic E-state index is 11.9. The first-order chi connectivity index (χ1) is 10.7. The Hall–Kier alpha value is -2.27. The molecule has 0 aliphatic carbocycles. The predicted molar refractivity (Wildman–Crippen MR) is 88.6 cm³/mol. The molecule has 4 nitrogen and oxygen atoms in total. The van der Waals surface area contributed by atoms with Crippen LogP contribution in [0.1, 0.15) is 22.3 Å². The van der Waals surface area contributed by atoms with Crippen molar-refractivity contribution in [3.63, 3.8) is 0 Å². The van der Waals surface area contributed by atoms with E-state index in [1.165, 1.54) is 0 Å². The molecule has 0 saturated carbocycles. The van der Waals surface area contributed by atoms with Gasteiger partial charge >= 0.3 is 0 Å². The molecule has 0 atom stereocenters. The topological polar surface area (TPSA) is 58.2 Å². The van der Waals surface area contributed by atoms with Crippen molar-refractivity contribution in [2.75, 3.05) is 5.75 Å². The second kappa shape index (κ2) is 8.24. The highest BCUT2D eigenvalue weighted by molar-refractivity contribution is 7.99. The second-order valence-electron chi connectivity index (χ2n) is 4.73. The minimum absolute atomic E-state index is 0.203. The van der Waals surface area contributed by atoms with Crippen molar-refractivity contribution < 1.29 is 9.59 Å². The zero-order valence-electron chi connectivity index (χ0n) is 12.3. The standard InChI is InChI=1S/C17H18N2O2S/c1-13-7-5-6-10-15(13)17(21)19-18-16(20)11-12-22-14-8-3-2-4-9-14/h2-10H,11-12H2,1H3,(H,18,20)(H,19,21). The Labute approximate surface area is 134 Å². The SMILES string of the molecule is Cc1ccccc1C(=O)NNC(=O)CCSc1ccccc1. The molecule has 0 aliphatic heterocycles. The van der Waals surface area contributed by atoms with E-state index in [1.807, 2.05) is 49.4 Å². The first kappa shape index (κ1) is 16.1.